The summed E-state index contributed by atoms with van der Waals surface area (Å²) in [6, 6.07) is 7.86. The highest BCUT2D eigenvalue weighted by molar-refractivity contribution is 9.10. The maximum Gasteiger partial charge on any atom is 0.275 e. The number of anilines is 1. The number of rotatable bonds is 1. The number of nitrogens with zero attached hydrogens (tertiary/aromatic N) is 2. The Morgan fingerprint density at radius 1 is 1.36 bits per heavy atom. The summed E-state index contributed by atoms with van der Waals surface area (Å²) in [5, 5.41) is 12.9. The third kappa shape index (κ3) is 2.01. The van der Waals surface area contributed by atoms with Gasteiger partial charge in [0.1, 0.15) is 16.8 Å². The largest absolute Gasteiger partial charge is 0.320 e. The average Bonchev–Trinajstić information content (AvgIpc) is 3.14. The molecule has 0 spiro atoms. The molecule has 4 nitrogen and oxygen atoms in total. The Hall–Kier alpha value is -1.97. The molecule has 6 heteroatoms. The first-order valence-corrected chi connectivity index (χ1v) is 8.53. The molecule has 2 aliphatic rings. The van der Waals surface area contributed by atoms with E-state index in [9.17, 15) is 10.1 Å². The third-order valence-electron chi connectivity index (χ3n) is 3.93. The number of fused-ring (bicyclic) bond motifs is 2. The van der Waals surface area contributed by atoms with E-state index in [-0.39, 0.29) is 5.91 Å². The van der Waals surface area contributed by atoms with Crippen LogP contribution in [0.1, 0.15) is 28.0 Å². The number of benzene rings is 1. The van der Waals surface area contributed by atoms with Gasteiger partial charge < -0.3 is 5.32 Å². The predicted molar refractivity (Wildman–Crippen MR) is 90.0 cm³/mol. The molecule has 1 amide bonds. The minimum atomic E-state index is -0.217. The Labute approximate surface area is 139 Å². The maximum absolute atomic E-state index is 12.2. The summed E-state index contributed by atoms with van der Waals surface area (Å²) in [5.74, 6) is -0.217. The average molecular weight is 372 g/mol. The topological polar surface area (TPSA) is 65.2 Å². The molecular weight excluding hydrogens is 362 g/mol. The van der Waals surface area contributed by atoms with E-state index >= 15 is 0 Å². The second-order valence-electron chi connectivity index (χ2n) is 5.25. The van der Waals surface area contributed by atoms with Crippen molar-refractivity contribution in [3.8, 4) is 6.07 Å². The number of thiophene rings is 1. The fourth-order valence-electron chi connectivity index (χ4n) is 2.92. The van der Waals surface area contributed by atoms with E-state index < -0.39 is 0 Å². The number of amides is 1. The van der Waals surface area contributed by atoms with Crippen LogP contribution in [0, 0.1) is 11.3 Å². The van der Waals surface area contributed by atoms with Gasteiger partial charge in [-0.1, -0.05) is 15.9 Å². The highest BCUT2D eigenvalue weighted by Gasteiger charge is 2.28. The molecule has 0 bridgehead atoms. The summed E-state index contributed by atoms with van der Waals surface area (Å²) in [7, 11) is 0. The van der Waals surface area contributed by atoms with E-state index in [0.29, 0.717) is 16.3 Å². The van der Waals surface area contributed by atoms with Gasteiger partial charge in [0.05, 0.1) is 11.3 Å². The number of aliphatic imine (C=N–C) groups is 1. The van der Waals surface area contributed by atoms with Gasteiger partial charge in [-0.3, -0.25) is 4.79 Å². The van der Waals surface area contributed by atoms with Gasteiger partial charge in [-0.25, -0.2) is 4.99 Å². The fraction of sp³-hybridized carbons (Fsp3) is 0.188. The molecule has 22 heavy (non-hydrogen) atoms. The zero-order chi connectivity index (χ0) is 15.3. The van der Waals surface area contributed by atoms with Crippen LogP contribution in [0.4, 0.5) is 10.7 Å². The summed E-state index contributed by atoms with van der Waals surface area (Å²) in [6.45, 7) is 0. The van der Waals surface area contributed by atoms with Crippen molar-refractivity contribution in [2.45, 2.75) is 19.3 Å². The monoisotopic (exact) mass is 371 g/mol. The molecule has 4 rings (SSSR count). The number of nitriles is 1. The molecule has 1 N–H and O–H groups in total. The Kier molecular flexibility index (Phi) is 3.13. The SMILES string of the molecule is N#Cc1c(N=C2C(=O)Nc3ccc(Br)cc32)sc2c1CCC2. The van der Waals surface area contributed by atoms with Gasteiger partial charge in [0, 0.05) is 14.9 Å². The molecule has 1 aliphatic carbocycles. The number of halogens is 1. The number of carbonyl (C=O) groups excluding carboxylic acids is 1. The first kappa shape index (κ1) is 13.7. The van der Waals surface area contributed by atoms with Crippen LogP contribution in [-0.4, -0.2) is 11.6 Å². The second kappa shape index (κ2) is 5.04. The highest BCUT2D eigenvalue weighted by atomic mass is 79.9. The van der Waals surface area contributed by atoms with E-state index in [4.69, 9.17) is 0 Å². The third-order valence-corrected chi connectivity index (χ3v) is 5.61. The molecule has 0 fully saturated rings. The summed E-state index contributed by atoms with van der Waals surface area (Å²) >= 11 is 4.96. The highest BCUT2D eigenvalue weighted by Crippen LogP contribution is 2.41. The van der Waals surface area contributed by atoms with Gasteiger partial charge in [0.25, 0.3) is 5.91 Å². The van der Waals surface area contributed by atoms with Gasteiger partial charge in [-0.2, -0.15) is 5.26 Å². The first-order chi connectivity index (χ1) is 10.7. The van der Waals surface area contributed by atoms with Crippen molar-refractivity contribution < 1.29 is 4.79 Å². The summed E-state index contributed by atoms with van der Waals surface area (Å²) in [5.41, 5.74) is 3.68. The molecule has 0 radical (unpaired) electrons. The smallest absolute Gasteiger partial charge is 0.275 e. The Bertz CT molecular complexity index is 892. The van der Waals surface area contributed by atoms with E-state index in [1.165, 1.54) is 16.2 Å². The lowest BCUT2D eigenvalue weighted by atomic mass is 10.1. The van der Waals surface area contributed by atoms with Crippen LogP contribution in [-0.2, 0) is 17.6 Å². The van der Waals surface area contributed by atoms with Crippen LogP contribution in [0.5, 0.6) is 0 Å². The molecule has 0 atom stereocenters. The summed E-state index contributed by atoms with van der Waals surface area (Å²) in [6.07, 6.45) is 3.05. The minimum Gasteiger partial charge on any atom is -0.320 e. The molecule has 1 aliphatic heterocycles. The van der Waals surface area contributed by atoms with Gasteiger partial charge in [0.15, 0.2) is 0 Å². The predicted octanol–water partition coefficient (Wildman–Crippen LogP) is 3.94. The molecule has 0 unspecified atom stereocenters. The Morgan fingerprint density at radius 2 is 2.23 bits per heavy atom. The van der Waals surface area contributed by atoms with E-state index in [2.05, 4.69) is 32.3 Å². The number of hydrogen-bond acceptors (Lipinski definition) is 4. The zero-order valence-corrected chi connectivity index (χ0v) is 13.8. The van der Waals surface area contributed by atoms with Crippen molar-refractivity contribution >= 4 is 49.6 Å². The first-order valence-electron chi connectivity index (χ1n) is 6.92. The molecule has 1 aromatic carbocycles. The van der Waals surface area contributed by atoms with Crippen LogP contribution in [0.25, 0.3) is 0 Å². The molecule has 0 saturated carbocycles. The molecule has 2 aromatic rings. The number of nitrogens with one attached hydrogen (secondary N) is 1. The van der Waals surface area contributed by atoms with Crippen molar-refractivity contribution in [3.05, 3.63) is 44.2 Å². The lowest BCUT2D eigenvalue weighted by Crippen LogP contribution is -2.13. The molecule has 1 aromatic heterocycles. The van der Waals surface area contributed by atoms with Gasteiger partial charge >= 0.3 is 0 Å². The van der Waals surface area contributed by atoms with Crippen LogP contribution in [0.15, 0.2) is 27.7 Å². The van der Waals surface area contributed by atoms with Crippen LogP contribution in [0.3, 0.4) is 0 Å². The van der Waals surface area contributed by atoms with Crippen LogP contribution >= 0.6 is 27.3 Å². The van der Waals surface area contributed by atoms with Crippen LogP contribution < -0.4 is 5.32 Å². The lowest BCUT2D eigenvalue weighted by Gasteiger charge is -1.98. The van der Waals surface area contributed by atoms with Crippen molar-refractivity contribution in [2.75, 3.05) is 5.32 Å². The van der Waals surface area contributed by atoms with Crippen molar-refractivity contribution in [1.82, 2.24) is 0 Å². The minimum absolute atomic E-state index is 0.217. The maximum atomic E-state index is 12.2. The second-order valence-corrected chi connectivity index (χ2v) is 7.25. The van der Waals surface area contributed by atoms with E-state index in [1.54, 1.807) is 0 Å². The molecular formula is C16H10BrN3OS. The summed E-state index contributed by atoms with van der Waals surface area (Å²) in [4.78, 5) is 18.0. The molecule has 2 heterocycles. The van der Waals surface area contributed by atoms with Gasteiger partial charge in [-0.15, -0.1) is 11.3 Å². The standard InChI is InChI=1S/C16H10BrN3OS/c17-8-4-5-12-10(6-8)14(15(21)19-12)20-16-11(7-18)9-2-1-3-13(9)22-16/h4-6H,1-3H2,(H,19,20,21). The number of hydrogen-bond donors (Lipinski definition) is 1. The van der Waals surface area contributed by atoms with Crippen molar-refractivity contribution in [1.29, 1.82) is 5.26 Å². The Balaban J connectivity index is 1.87. The lowest BCUT2D eigenvalue weighted by molar-refractivity contribution is -0.110. The van der Waals surface area contributed by atoms with Crippen molar-refractivity contribution in [3.63, 3.8) is 0 Å². The number of aryl methyl sites for hydroxylation is 1. The molecule has 0 saturated heterocycles. The fourth-order valence-corrected chi connectivity index (χ4v) is 4.50. The van der Waals surface area contributed by atoms with E-state index in [1.807, 2.05) is 18.2 Å². The normalized spacial score (nSPS) is 17.3. The quantitative estimate of drug-likeness (QED) is 0.824. The zero-order valence-electron chi connectivity index (χ0n) is 11.4. The molecule has 108 valence electrons. The van der Waals surface area contributed by atoms with Crippen molar-refractivity contribution in [2.24, 2.45) is 4.99 Å². The van der Waals surface area contributed by atoms with Gasteiger partial charge in [0.2, 0.25) is 0 Å². The van der Waals surface area contributed by atoms with E-state index in [0.717, 1.165) is 40.5 Å². The van der Waals surface area contributed by atoms with Gasteiger partial charge in [-0.05, 0) is 43.0 Å². The van der Waals surface area contributed by atoms with Crippen LogP contribution in [0.2, 0.25) is 0 Å². The summed E-state index contributed by atoms with van der Waals surface area (Å²) < 4.78 is 0.893. The number of carbonyl (C=O) groups is 1. The Morgan fingerprint density at radius 3 is 3.05 bits per heavy atom.